The van der Waals surface area contributed by atoms with E-state index < -0.39 is 5.25 Å². The van der Waals surface area contributed by atoms with Gasteiger partial charge < -0.3 is 5.32 Å². The number of carbonyl (C=O) groups excluding carboxylic acids is 2. The van der Waals surface area contributed by atoms with Crippen LogP contribution in [0.15, 0.2) is 91.0 Å². The summed E-state index contributed by atoms with van der Waals surface area (Å²) in [7, 11) is 0. The van der Waals surface area contributed by atoms with E-state index >= 15 is 0 Å². The van der Waals surface area contributed by atoms with Crippen LogP contribution in [0.4, 0.5) is 5.69 Å². The summed E-state index contributed by atoms with van der Waals surface area (Å²) in [6.07, 6.45) is 0. The number of anilines is 1. The summed E-state index contributed by atoms with van der Waals surface area (Å²) in [5.41, 5.74) is 2.31. The molecular weight excluding hydrogens is 342 g/mol. The third kappa shape index (κ3) is 4.83. The number of ketones is 1. The highest BCUT2D eigenvalue weighted by Gasteiger charge is 2.23. The molecule has 1 atom stereocenters. The molecule has 3 nitrogen and oxygen atoms in total. The van der Waals surface area contributed by atoms with E-state index in [9.17, 15) is 9.59 Å². The van der Waals surface area contributed by atoms with E-state index in [1.807, 2.05) is 91.0 Å². The van der Waals surface area contributed by atoms with Gasteiger partial charge >= 0.3 is 0 Å². The van der Waals surface area contributed by atoms with Crippen molar-refractivity contribution in [3.8, 4) is 0 Å². The molecule has 0 heterocycles. The van der Waals surface area contributed by atoms with Crippen LogP contribution in [0.25, 0.3) is 0 Å². The Kier molecular flexibility index (Phi) is 6.23. The second-order valence-electron chi connectivity index (χ2n) is 5.75. The molecule has 0 radical (unpaired) electrons. The lowest BCUT2D eigenvalue weighted by atomic mass is 10.0. The maximum Gasteiger partial charge on any atom is 0.234 e. The number of para-hydroxylation sites is 1. The van der Waals surface area contributed by atoms with Crippen molar-refractivity contribution < 1.29 is 9.59 Å². The first-order chi connectivity index (χ1) is 12.7. The minimum atomic E-state index is -0.417. The molecule has 0 saturated carbocycles. The predicted molar refractivity (Wildman–Crippen MR) is 107 cm³/mol. The number of Topliss-reactive ketones (excluding diaryl/α,β-unsaturated/α-hetero) is 1. The Bertz CT molecular complexity index is 851. The molecule has 0 aromatic heterocycles. The zero-order chi connectivity index (χ0) is 18.2. The van der Waals surface area contributed by atoms with E-state index in [1.165, 1.54) is 11.8 Å². The number of nitrogens with one attached hydrogen (secondary N) is 1. The van der Waals surface area contributed by atoms with Crippen LogP contribution in [-0.4, -0.2) is 17.4 Å². The largest absolute Gasteiger partial charge is 0.325 e. The highest BCUT2D eigenvalue weighted by atomic mass is 32.2. The van der Waals surface area contributed by atoms with Gasteiger partial charge in [-0.25, -0.2) is 0 Å². The number of rotatable bonds is 7. The summed E-state index contributed by atoms with van der Waals surface area (Å²) in [5, 5.41) is 2.44. The quantitative estimate of drug-likeness (QED) is 0.604. The Balaban J connectivity index is 1.72. The van der Waals surface area contributed by atoms with Crippen LogP contribution in [-0.2, 0) is 4.79 Å². The van der Waals surface area contributed by atoms with Gasteiger partial charge in [-0.3, -0.25) is 9.59 Å². The van der Waals surface area contributed by atoms with Crippen LogP contribution >= 0.6 is 11.8 Å². The minimum Gasteiger partial charge on any atom is -0.325 e. The smallest absolute Gasteiger partial charge is 0.234 e. The Morgan fingerprint density at radius 1 is 0.769 bits per heavy atom. The maximum absolute atomic E-state index is 13.0. The van der Waals surface area contributed by atoms with Crippen LogP contribution < -0.4 is 5.32 Å². The van der Waals surface area contributed by atoms with Gasteiger partial charge in [0.1, 0.15) is 0 Å². The summed E-state index contributed by atoms with van der Waals surface area (Å²) in [4.78, 5) is 25.2. The van der Waals surface area contributed by atoms with E-state index in [2.05, 4.69) is 5.32 Å². The fraction of sp³-hybridized carbons (Fsp3) is 0.0909. The van der Waals surface area contributed by atoms with E-state index in [-0.39, 0.29) is 17.4 Å². The molecule has 0 unspecified atom stereocenters. The zero-order valence-electron chi connectivity index (χ0n) is 14.2. The van der Waals surface area contributed by atoms with Gasteiger partial charge in [0, 0.05) is 11.3 Å². The third-order valence-electron chi connectivity index (χ3n) is 3.84. The molecule has 1 amide bonds. The molecule has 0 spiro atoms. The van der Waals surface area contributed by atoms with Gasteiger partial charge in [0.15, 0.2) is 5.78 Å². The lowest BCUT2D eigenvalue weighted by Gasteiger charge is -2.16. The molecule has 0 aliphatic rings. The van der Waals surface area contributed by atoms with Gasteiger partial charge in [-0.05, 0) is 17.7 Å². The summed E-state index contributed by atoms with van der Waals surface area (Å²) < 4.78 is 0. The Morgan fingerprint density at radius 3 is 1.92 bits per heavy atom. The third-order valence-corrected chi connectivity index (χ3v) is 5.09. The Hall–Kier alpha value is -2.85. The fourth-order valence-electron chi connectivity index (χ4n) is 2.58. The van der Waals surface area contributed by atoms with Gasteiger partial charge in [0.25, 0.3) is 0 Å². The van der Waals surface area contributed by atoms with Crippen molar-refractivity contribution in [1.82, 2.24) is 0 Å². The molecule has 26 heavy (non-hydrogen) atoms. The molecule has 0 fully saturated rings. The van der Waals surface area contributed by atoms with Gasteiger partial charge in [-0.1, -0.05) is 78.9 Å². The lowest BCUT2D eigenvalue weighted by Crippen LogP contribution is -2.17. The molecule has 0 aliphatic heterocycles. The molecule has 3 aromatic carbocycles. The first-order valence-corrected chi connectivity index (χ1v) is 9.39. The average molecular weight is 361 g/mol. The SMILES string of the molecule is O=C(CS[C@H](C(=O)c1ccccc1)c1ccccc1)Nc1ccccc1. The molecule has 4 heteroatoms. The van der Waals surface area contributed by atoms with Crippen LogP contribution in [0, 0.1) is 0 Å². The summed E-state index contributed by atoms with van der Waals surface area (Å²) in [5.74, 6) is 0.0878. The van der Waals surface area contributed by atoms with Gasteiger partial charge in [-0.15, -0.1) is 11.8 Å². The van der Waals surface area contributed by atoms with E-state index in [4.69, 9.17) is 0 Å². The molecule has 0 aliphatic carbocycles. The first kappa shape index (κ1) is 18.0. The highest BCUT2D eigenvalue weighted by Crippen LogP contribution is 2.32. The summed E-state index contributed by atoms with van der Waals surface area (Å²) in [6, 6.07) is 28.1. The van der Waals surface area contributed by atoms with Crippen molar-refractivity contribution in [3.63, 3.8) is 0 Å². The standard InChI is InChI=1S/C22H19NO2S/c24-20(23-19-14-8-3-9-15-19)16-26-22(18-12-6-2-7-13-18)21(25)17-10-4-1-5-11-17/h1-15,22H,16H2,(H,23,24)/t22-/m0/s1. The van der Waals surface area contributed by atoms with E-state index in [1.54, 1.807) is 0 Å². The number of hydrogen-bond donors (Lipinski definition) is 1. The van der Waals surface area contributed by atoms with Gasteiger partial charge in [0.2, 0.25) is 5.91 Å². The van der Waals surface area contributed by atoms with Crippen LogP contribution in [0.5, 0.6) is 0 Å². The van der Waals surface area contributed by atoms with Gasteiger partial charge in [0.05, 0.1) is 11.0 Å². The number of carbonyl (C=O) groups is 2. The summed E-state index contributed by atoms with van der Waals surface area (Å²) >= 11 is 1.34. The topological polar surface area (TPSA) is 46.2 Å². The monoisotopic (exact) mass is 361 g/mol. The van der Waals surface area contributed by atoms with Crippen molar-refractivity contribution in [3.05, 3.63) is 102 Å². The van der Waals surface area contributed by atoms with Gasteiger partial charge in [-0.2, -0.15) is 0 Å². The minimum absolute atomic E-state index is 0.00862. The van der Waals surface area contributed by atoms with Crippen molar-refractivity contribution in [2.75, 3.05) is 11.1 Å². The number of thioether (sulfide) groups is 1. The Morgan fingerprint density at radius 2 is 1.31 bits per heavy atom. The molecule has 130 valence electrons. The van der Waals surface area contributed by atoms with Crippen LogP contribution in [0.3, 0.4) is 0 Å². The normalized spacial score (nSPS) is 11.5. The van der Waals surface area contributed by atoms with Crippen molar-refractivity contribution >= 4 is 29.1 Å². The lowest BCUT2D eigenvalue weighted by molar-refractivity contribution is -0.113. The number of hydrogen-bond acceptors (Lipinski definition) is 3. The average Bonchev–Trinajstić information content (AvgIpc) is 2.70. The molecule has 0 bridgehead atoms. The van der Waals surface area contributed by atoms with Crippen LogP contribution in [0.1, 0.15) is 21.2 Å². The van der Waals surface area contributed by atoms with Crippen LogP contribution in [0.2, 0.25) is 0 Å². The summed E-state index contributed by atoms with van der Waals surface area (Å²) in [6.45, 7) is 0. The van der Waals surface area contributed by atoms with Crippen molar-refractivity contribution in [1.29, 1.82) is 0 Å². The highest BCUT2D eigenvalue weighted by molar-refractivity contribution is 8.00. The molecule has 0 saturated heterocycles. The van der Waals surface area contributed by atoms with Crippen molar-refractivity contribution in [2.24, 2.45) is 0 Å². The fourth-order valence-corrected chi connectivity index (χ4v) is 3.61. The molecule has 3 aromatic rings. The van der Waals surface area contributed by atoms with E-state index in [0.717, 1.165) is 11.3 Å². The number of amides is 1. The number of benzene rings is 3. The predicted octanol–water partition coefficient (Wildman–Crippen LogP) is 4.98. The van der Waals surface area contributed by atoms with E-state index in [0.29, 0.717) is 5.56 Å². The molecular formula is C22H19NO2S. The van der Waals surface area contributed by atoms with Crippen molar-refractivity contribution in [2.45, 2.75) is 5.25 Å². The Labute approximate surface area is 157 Å². The second-order valence-corrected chi connectivity index (χ2v) is 6.84. The molecule has 3 rings (SSSR count). The molecule has 1 N–H and O–H groups in total. The maximum atomic E-state index is 13.0. The zero-order valence-corrected chi connectivity index (χ0v) is 15.0. The second kappa shape index (κ2) is 9.02. The first-order valence-electron chi connectivity index (χ1n) is 8.35.